The number of hydrogen-bond acceptors (Lipinski definition) is 7. The Morgan fingerprint density at radius 1 is 1.19 bits per heavy atom. The Bertz CT molecular complexity index is 1330. The molecule has 2 saturated heterocycles. The normalized spacial score (nSPS) is 21.8. The monoisotopic (exact) mass is 590 g/mol. The van der Waals surface area contributed by atoms with Crippen LogP contribution in [0.2, 0.25) is 0 Å². The number of unbranched alkanes of at least 4 members (excludes halogenated alkanes) is 1. The van der Waals surface area contributed by atoms with Crippen molar-refractivity contribution < 1.29 is 19.4 Å². The third-order valence-electron chi connectivity index (χ3n) is 8.22. The molecule has 42 heavy (non-hydrogen) atoms. The van der Waals surface area contributed by atoms with E-state index in [1.807, 2.05) is 47.5 Å². The first-order chi connectivity index (χ1) is 20.4. The molecule has 3 aromatic rings. The number of thiazole rings is 1. The average molecular weight is 591 g/mol. The van der Waals surface area contributed by atoms with E-state index >= 15 is 0 Å². The molecule has 2 aliphatic heterocycles. The molecule has 9 heteroatoms. The first-order valence-corrected chi connectivity index (χ1v) is 16.0. The lowest BCUT2D eigenvalue weighted by Gasteiger charge is -2.29. The molecule has 0 bridgehead atoms. The van der Waals surface area contributed by atoms with Gasteiger partial charge in [0.15, 0.2) is 0 Å². The predicted molar refractivity (Wildman–Crippen MR) is 165 cm³/mol. The van der Waals surface area contributed by atoms with Gasteiger partial charge in [-0.15, -0.1) is 11.3 Å². The van der Waals surface area contributed by atoms with Gasteiger partial charge >= 0.3 is 0 Å². The number of likely N-dealkylation sites (tertiary alicyclic amines) is 1. The number of ether oxygens (including phenoxy) is 1. The number of aliphatic hydroxyl groups is 1. The largest absolute Gasteiger partial charge is 0.389 e. The lowest BCUT2D eigenvalue weighted by atomic mass is 9.94. The SMILES string of the molecule is CCCCO[C@H]1CN[C@@H]([C@@H](O)[C@H](Cc2ccccc2)NC(=O)c2cccc(C(=O)N3CCC[C@@H]3c3nc(C)cs3)c2)C1. The summed E-state index contributed by atoms with van der Waals surface area (Å²) in [7, 11) is 0. The van der Waals surface area contributed by atoms with Gasteiger partial charge in [-0.2, -0.15) is 0 Å². The Morgan fingerprint density at radius 2 is 2.00 bits per heavy atom. The van der Waals surface area contributed by atoms with Crippen molar-refractivity contribution in [3.63, 3.8) is 0 Å². The van der Waals surface area contributed by atoms with Crippen LogP contribution in [0, 0.1) is 6.92 Å². The number of aliphatic hydroxyl groups excluding tert-OH is 1. The highest BCUT2D eigenvalue weighted by Gasteiger charge is 2.36. The van der Waals surface area contributed by atoms with Gasteiger partial charge in [0.25, 0.3) is 11.8 Å². The Balaban J connectivity index is 1.29. The summed E-state index contributed by atoms with van der Waals surface area (Å²) in [6.07, 6.45) is 4.31. The summed E-state index contributed by atoms with van der Waals surface area (Å²) in [4.78, 5) is 33.7. The average Bonchev–Trinajstić information content (AvgIpc) is 3.78. The second-order valence-corrected chi connectivity index (χ2v) is 12.3. The van der Waals surface area contributed by atoms with Crippen molar-refractivity contribution in [2.75, 3.05) is 19.7 Å². The zero-order chi connectivity index (χ0) is 29.5. The van der Waals surface area contributed by atoms with Crippen LogP contribution >= 0.6 is 11.3 Å². The molecular formula is C33H42N4O4S. The second kappa shape index (κ2) is 14.4. The standard InChI is InChI=1S/C33H42N4O4S/c1-3-4-16-41-26-19-27(34-20-26)30(38)28(17-23-10-6-5-7-11-23)36-31(39)24-12-8-13-25(18-24)33(40)37-15-9-14-29(37)32-35-22(2)21-42-32/h5-8,10-13,18,21,26-30,34,38H,3-4,9,14-17,19-20H2,1-2H3,(H,36,39)/t26-,27-,28+,29-,30-/m1/s1. The third kappa shape index (κ3) is 7.45. The topological polar surface area (TPSA) is 104 Å². The minimum atomic E-state index is -0.814. The van der Waals surface area contributed by atoms with Gasteiger partial charge in [0.1, 0.15) is 5.01 Å². The predicted octanol–water partition coefficient (Wildman–Crippen LogP) is 4.68. The Hall–Kier alpha value is -3.11. The summed E-state index contributed by atoms with van der Waals surface area (Å²) in [6, 6.07) is 16.0. The molecule has 1 aromatic heterocycles. The van der Waals surface area contributed by atoms with Crippen LogP contribution in [-0.4, -0.2) is 70.8 Å². The molecule has 0 radical (unpaired) electrons. The molecule has 3 heterocycles. The molecule has 0 aliphatic carbocycles. The molecular weight excluding hydrogens is 548 g/mol. The van der Waals surface area contributed by atoms with Crippen LogP contribution in [-0.2, 0) is 11.2 Å². The third-order valence-corrected chi connectivity index (χ3v) is 9.29. The van der Waals surface area contributed by atoms with Gasteiger partial charge in [0.05, 0.1) is 24.3 Å². The summed E-state index contributed by atoms with van der Waals surface area (Å²) in [5.74, 6) is -0.406. The molecule has 2 aromatic carbocycles. The number of amides is 2. The van der Waals surface area contributed by atoms with E-state index in [9.17, 15) is 14.7 Å². The maximum Gasteiger partial charge on any atom is 0.254 e. The maximum atomic E-state index is 13.6. The van der Waals surface area contributed by atoms with Crippen LogP contribution in [0.3, 0.4) is 0 Å². The fourth-order valence-corrected chi connectivity index (χ4v) is 6.87. The highest BCUT2D eigenvalue weighted by atomic mass is 32.1. The summed E-state index contributed by atoms with van der Waals surface area (Å²) >= 11 is 1.59. The lowest BCUT2D eigenvalue weighted by Crippen LogP contribution is -2.52. The van der Waals surface area contributed by atoms with Crippen LogP contribution < -0.4 is 10.6 Å². The van der Waals surface area contributed by atoms with E-state index in [0.717, 1.165) is 41.9 Å². The number of aryl methyl sites for hydroxylation is 1. The number of nitrogens with zero attached hydrogens (tertiary/aromatic N) is 2. The summed E-state index contributed by atoms with van der Waals surface area (Å²) in [5, 5.41) is 21.0. The van der Waals surface area contributed by atoms with E-state index in [4.69, 9.17) is 4.74 Å². The zero-order valence-electron chi connectivity index (χ0n) is 24.5. The minimum Gasteiger partial charge on any atom is -0.389 e. The molecule has 224 valence electrons. The Labute approximate surface area is 252 Å². The Kier molecular flexibility index (Phi) is 10.4. The highest BCUT2D eigenvalue weighted by molar-refractivity contribution is 7.09. The number of benzene rings is 2. The van der Waals surface area contributed by atoms with E-state index in [-0.39, 0.29) is 30.0 Å². The molecule has 2 aliphatic rings. The van der Waals surface area contributed by atoms with E-state index in [1.165, 1.54) is 0 Å². The van der Waals surface area contributed by atoms with Crippen LogP contribution in [0.25, 0.3) is 0 Å². The molecule has 8 nitrogen and oxygen atoms in total. The van der Waals surface area contributed by atoms with Crippen molar-refractivity contribution in [3.8, 4) is 0 Å². The number of carbonyl (C=O) groups excluding carboxylic acids is 2. The smallest absolute Gasteiger partial charge is 0.254 e. The molecule has 0 unspecified atom stereocenters. The van der Waals surface area contributed by atoms with Crippen molar-refractivity contribution >= 4 is 23.2 Å². The van der Waals surface area contributed by atoms with Crippen molar-refractivity contribution in [1.82, 2.24) is 20.5 Å². The van der Waals surface area contributed by atoms with Crippen molar-refractivity contribution in [2.24, 2.45) is 0 Å². The van der Waals surface area contributed by atoms with E-state index in [1.54, 1.807) is 35.6 Å². The fraction of sp³-hybridized carbons (Fsp3) is 0.485. The Morgan fingerprint density at radius 3 is 2.76 bits per heavy atom. The fourth-order valence-electron chi connectivity index (χ4n) is 5.92. The van der Waals surface area contributed by atoms with Crippen LogP contribution in [0.1, 0.15) is 82.1 Å². The van der Waals surface area contributed by atoms with Gasteiger partial charge < -0.3 is 25.4 Å². The minimum absolute atomic E-state index is 0.0345. The number of rotatable bonds is 12. The number of aromatic nitrogens is 1. The summed E-state index contributed by atoms with van der Waals surface area (Å²) in [6.45, 7) is 6.17. The van der Waals surface area contributed by atoms with Gasteiger partial charge in [-0.1, -0.05) is 49.7 Å². The van der Waals surface area contributed by atoms with Gasteiger partial charge in [0, 0.05) is 47.9 Å². The second-order valence-electron chi connectivity index (χ2n) is 11.4. The van der Waals surface area contributed by atoms with Gasteiger partial charge in [-0.05, 0) is 62.8 Å². The van der Waals surface area contributed by atoms with Crippen LogP contribution in [0.5, 0.6) is 0 Å². The summed E-state index contributed by atoms with van der Waals surface area (Å²) < 4.78 is 5.99. The van der Waals surface area contributed by atoms with E-state index < -0.39 is 12.1 Å². The zero-order valence-corrected chi connectivity index (χ0v) is 25.3. The first-order valence-electron chi connectivity index (χ1n) is 15.1. The van der Waals surface area contributed by atoms with E-state index in [0.29, 0.717) is 43.7 Å². The van der Waals surface area contributed by atoms with Crippen molar-refractivity contribution in [2.45, 2.75) is 82.7 Å². The van der Waals surface area contributed by atoms with E-state index in [2.05, 4.69) is 22.5 Å². The van der Waals surface area contributed by atoms with Gasteiger partial charge in [-0.3, -0.25) is 9.59 Å². The van der Waals surface area contributed by atoms with Gasteiger partial charge in [0.2, 0.25) is 0 Å². The molecule has 0 spiro atoms. The van der Waals surface area contributed by atoms with Crippen LogP contribution in [0.15, 0.2) is 60.0 Å². The van der Waals surface area contributed by atoms with Gasteiger partial charge in [-0.25, -0.2) is 4.98 Å². The molecule has 2 amide bonds. The lowest BCUT2D eigenvalue weighted by molar-refractivity contribution is 0.0498. The van der Waals surface area contributed by atoms with Crippen molar-refractivity contribution in [3.05, 3.63) is 87.4 Å². The number of nitrogens with one attached hydrogen (secondary N) is 2. The summed E-state index contributed by atoms with van der Waals surface area (Å²) in [5.41, 5.74) is 2.86. The quantitative estimate of drug-likeness (QED) is 0.265. The maximum absolute atomic E-state index is 13.6. The van der Waals surface area contributed by atoms with Crippen molar-refractivity contribution in [1.29, 1.82) is 0 Å². The number of carbonyl (C=O) groups is 2. The molecule has 5 rings (SSSR count). The highest BCUT2D eigenvalue weighted by Crippen LogP contribution is 2.34. The molecule has 3 N–H and O–H groups in total. The molecule has 0 saturated carbocycles. The molecule has 2 fully saturated rings. The first kappa shape index (κ1) is 30.4. The molecule has 5 atom stereocenters. The number of hydrogen-bond donors (Lipinski definition) is 3. The van der Waals surface area contributed by atoms with Crippen LogP contribution in [0.4, 0.5) is 0 Å².